The maximum Gasteiger partial charge on any atom is 0.193 e. The number of benzene rings is 2. The zero-order chi connectivity index (χ0) is 15.9. The van der Waals surface area contributed by atoms with E-state index < -0.39 is 0 Å². The third kappa shape index (κ3) is 2.31. The predicted octanol–water partition coefficient (Wildman–Crippen LogP) is 4.14. The van der Waals surface area contributed by atoms with Gasteiger partial charge in [-0.05, 0) is 36.8 Å². The van der Waals surface area contributed by atoms with Crippen LogP contribution in [0.2, 0.25) is 5.02 Å². The van der Waals surface area contributed by atoms with Gasteiger partial charge in [0.2, 0.25) is 0 Å². The van der Waals surface area contributed by atoms with E-state index in [1.165, 1.54) is 13.2 Å². The quantitative estimate of drug-likeness (QED) is 0.772. The van der Waals surface area contributed by atoms with E-state index in [0.29, 0.717) is 21.7 Å². The molecule has 4 nitrogen and oxygen atoms in total. The van der Waals surface area contributed by atoms with Crippen LogP contribution >= 0.6 is 11.6 Å². The molecule has 0 radical (unpaired) electrons. The Kier molecular flexibility index (Phi) is 3.54. The van der Waals surface area contributed by atoms with Gasteiger partial charge in [-0.25, -0.2) is 0 Å². The zero-order valence-corrected chi connectivity index (χ0v) is 12.8. The number of aryl methyl sites for hydroxylation is 1. The Balaban J connectivity index is 2.37. The van der Waals surface area contributed by atoms with Crippen LogP contribution < -0.4 is 10.2 Å². The molecular weight excluding hydrogens is 304 g/mol. The lowest BCUT2D eigenvalue weighted by Gasteiger charge is -2.11. The Morgan fingerprint density at radius 3 is 2.73 bits per heavy atom. The molecule has 0 amide bonds. The number of rotatable bonds is 2. The average molecular weight is 317 g/mol. The van der Waals surface area contributed by atoms with Crippen LogP contribution in [0.15, 0.2) is 45.6 Å². The van der Waals surface area contributed by atoms with Gasteiger partial charge in [0, 0.05) is 6.07 Å². The van der Waals surface area contributed by atoms with Crippen molar-refractivity contribution < 1.29 is 14.3 Å². The van der Waals surface area contributed by atoms with Crippen molar-refractivity contribution in [3.05, 3.63) is 57.2 Å². The summed E-state index contributed by atoms with van der Waals surface area (Å²) in [7, 11) is 1.49. The smallest absolute Gasteiger partial charge is 0.193 e. The van der Waals surface area contributed by atoms with Crippen molar-refractivity contribution in [2.24, 2.45) is 0 Å². The Labute approximate surface area is 131 Å². The predicted molar refractivity (Wildman–Crippen MR) is 85.9 cm³/mol. The normalized spacial score (nSPS) is 10.9. The second-order valence-electron chi connectivity index (χ2n) is 4.95. The van der Waals surface area contributed by atoms with Crippen LogP contribution in [0.5, 0.6) is 11.5 Å². The molecule has 5 heteroatoms. The highest BCUT2D eigenvalue weighted by Gasteiger charge is 2.17. The molecule has 1 aromatic heterocycles. The molecular formula is C17H13ClO4. The number of fused-ring (bicyclic) bond motifs is 1. The van der Waals surface area contributed by atoms with Gasteiger partial charge in [-0.2, -0.15) is 0 Å². The van der Waals surface area contributed by atoms with Gasteiger partial charge in [-0.1, -0.05) is 17.7 Å². The number of halogens is 1. The number of methoxy groups -OCH3 is 1. The van der Waals surface area contributed by atoms with Crippen LogP contribution in [0, 0.1) is 6.92 Å². The third-order valence-electron chi connectivity index (χ3n) is 3.40. The minimum absolute atomic E-state index is 0.0218. The van der Waals surface area contributed by atoms with E-state index in [1.54, 1.807) is 30.3 Å². The maximum atomic E-state index is 12.3. The number of phenols is 1. The maximum absolute atomic E-state index is 12.3. The lowest BCUT2D eigenvalue weighted by atomic mass is 10.1. The SMILES string of the molecule is COc1cc(C)cc(O)c1-c1cc(=O)c2cccc(Cl)c2o1. The number of aromatic hydroxyl groups is 1. The second-order valence-corrected chi connectivity index (χ2v) is 5.36. The molecule has 0 aliphatic heterocycles. The highest BCUT2D eigenvalue weighted by molar-refractivity contribution is 6.34. The van der Waals surface area contributed by atoms with Crippen molar-refractivity contribution in [2.45, 2.75) is 6.92 Å². The van der Waals surface area contributed by atoms with Crippen molar-refractivity contribution in [3.63, 3.8) is 0 Å². The summed E-state index contributed by atoms with van der Waals surface area (Å²) in [5.74, 6) is 0.610. The average Bonchev–Trinajstić information content (AvgIpc) is 2.47. The largest absolute Gasteiger partial charge is 0.507 e. The minimum Gasteiger partial charge on any atom is -0.507 e. The molecule has 3 rings (SSSR count). The van der Waals surface area contributed by atoms with Crippen LogP contribution in [0.1, 0.15) is 5.56 Å². The molecule has 1 N–H and O–H groups in total. The van der Waals surface area contributed by atoms with E-state index in [1.807, 2.05) is 6.92 Å². The topological polar surface area (TPSA) is 59.7 Å². The van der Waals surface area contributed by atoms with E-state index in [9.17, 15) is 9.90 Å². The van der Waals surface area contributed by atoms with Gasteiger partial charge >= 0.3 is 0 Å². The lowest BCUT2D eigenvalue weighted by Crippen LogP contribution is -2.01. The molecule has 3 aromatic rings. The van der Waals surface area contributed by atoms with Crippen molar-refractivity contribution >= 4 is 22.6 Å². The van der Waals surface area contributed by atoms with Gasteiger partial charge in [0.25, 0.3) is 0 Å². The van der Waals surface area contributed by atoms with E-state index in [0.717, 1.165) is 5.56 Å². The second kappa shape index (κ2) is 5.39. The minimum atomic E-state index is -0.235. The van der Waals surface area contributed by atoms with E-state index in [-0.39, 0.29) is 22.5 Å². The first-order chi connectivity index (χ1) is 10.5. The van der Waals surface area contributed by atoms with Gasteiger partial charge in [0.15, 0.2) is 11.0 Å². The molecule has 0 unspecified atom stereocenters. The molecule has 0 aliphatic carbocycles. The first-order valence-electron chi connectivity index (χ1n) is 6.61. The fourth-order valence-corrected chi connectivity index (χ4v) is 2.62. The molecule has 0 bridgehead atoms. The van der Waals surface area contributed by atoms with Crippen LogP contribution in [0.25, 0.3) is 22.3 Å². The molecule has 0 saturated heterocycles. The van der Waals surface area contributed by atoms with Crippen molar-refractivity contribution in [2.75, 3.05) is 7.11 Å². The third-order valence-corrected chi connectivity index (χ3v) is 3.70. The molecule has 2 aromatic carbocycles. The van der Waals surface area contributed by atoms with Gasteiger partial charge in [-0.15, -0.1) is 0 Å². The summed E-state index contributed by atoms with van der Waals surface area (Å²) in [5, 5.41) is 10.9. The van der Waals surface area contributed by atoms with Crippen LogP contribution in [-0.2, 0) is 0 Å². The van der Waals surface area contributed by atoms with Crippen molar-refractivity contribution in [1.82, 2.24) is 0 Å². The fraction of sp³-hybridized carbons (Fsp3) is 0.118. The van der Waals surface area contributed by atoms with Crippen LogP contribution in [0.4, 0.5) is 0 Å². The Bertz CT molecular complexity index is 928. The van der Waals surface area contributed by atoms with Crippen LogP contribution in [0.3, 0.4) is 0 Å². The van der Waals surface area contributed by atoms with E-state index in [2.05, 4.69) is 0 Å². The summed E-state index contributed by atoms with van der Waals surface area (Å²) in [5.41, 5.74) is 1.21. The number of hydrogen-bond acceptors (Lipinski definition) is 4. The molecule has 0 saturated carbocycles. The summed E-state index contributed by atoms with van der Waals surface area (Å²) in [4.78, 5) is 12.3. The standard InChI is InChI=1S/C17H13ClO4/c1-9-6-13(20)16(14(7-9)21-2)15-8-12(19)10-4-3-5-11(18)17(10)22-15/h3-8,20H,1-2H3. The molecule has 22 heavy (non-hydrogen) atoms. The molecule has 1 heterocycles. The first kappa shape index (κ1) is 14.5. The summed E-state index contributed by atoms with van der Waals surface area (Å²) in [6, 6.07) is 9.63. The lowest BCUT2D eigenvalue weighted by molar-refractivity contribution is 0.407. The Morgan fingerprint density at radius 1 is 1.23 bits per heavy atom. The van der Waals surface area contributed by atoms with Gasteiger partial charge < -0.3 is 14.3 Å². The monoisotopic (exact) mass is 316 g/mol. The van der Waals surface area contributed by atoms with Gasteiger partial charge in [-0.3, -0.25) is 4.79 Å². The van der Waals surface area contributed by atoms with Gasteiger partial charge in [0.05, 0.1) is 17.5 Å². The highest BCUT2D eigenvalue weighted by Crippen LogP contribution is 2.39. The first-order valence-corrected chi connectivity index (χ1v) is 6.99. The fourth-order valence-electron chi connectivity index (χ4n) is 2.41. The van der Waals surface area contributed by atoms with Crippen molar-refractivity contribution in [1.29, 1.82) is 0 Å². The van der Waals surface area contributed by atoms with E-state index in [4.69, 9.17) is 20.8 Å². The molecule has 0 atom stereocenters. The number of phenolic OH excluding ortho intramolecular Hbond substituents is 1. The summed E-state index contributed by atoms with van der Waals surface area (Å²) in [6.45, 7) is 1.83. The summed E-state index contributed by atoms with van der Waals surface area (Å²) >= 11 is 6.10. The Morgan fingerprint density at radius 2 is 2.00 bits per heavy atom. The Hall–Kier alpha value is -2.46. The molecule has 0 aliphatic rings. The molecule has 112 valence electrons. The number of hydrogen-bond donors (Lipinski definition) is 1. The summed E-state index contributed by atoms with van der Waals surface area (Å²) < 4.78 is 11.0. The van der Waals surface area contributed by atoms with Crippen LogP contribution in [-0.4, -0.2) is 12.2 Å². The summed E-state index contributed by atoms with van der Waals surface area (Å²) in [6.07, 6.45) is 0. The zero-order valence-electron chi connectivity index (χ0n) is 12.0. The number of ether oxygens (including phenoxy) is 1. The van der Waals surface area contributed by atoms with Crippen molar-refractivity contribution in [3.8, 4) is 22.8 Å². The van der Waals surface area contributed by atoms with Gasteiger partial charge in [0.1, 0.15) is 22.8 Å². The molecule has 0 spiro atoms. The molecule has 0 fully saturated rings. The highest BCUT2D eigenvalue weighted by atomic mass is 35.5. The number of para-hydroxylation sites is 1. The van der Waals surface area contributed by atoms with E-state index >= 15 is 0 Å².